The average molecular weight is 351 g/mol. The van der Waals surface area contributed by atoms with E-state index in [9.17, 15) is 9.59 Å². The summed E-state index contributed by atoms with van der Waals surface area (Å²) in [4.78, 5) is 26.9. The molecule has 1 fully saturated rings. The van der Waals surface area contributed by atoms with Gasteiger partial charge in [-0.05, 0) is 56.0 Å². The molecule has 26 heavy (non-hydrogen) atoms. The molecule has 1 aliphatic rings. The smallest absolute Gasteiger partial charge is 0.322 e. The fourth-order valence-corrected chi connectivity index (χ4v) is 3.16. The highest BCUT2D eigenvalue weighted by atomic mass is 16.2. The molecule has 0 spiro atoms. The molecule has 0 radical (unpaired) electrons. The maximum atomic E-state index is 12.6. The van der Waals surface area contributed by atoms with Crippen molar-refractivity contribution in [2.24, 2.45) is 0 Å². The molecule has 3 rings (SSSR count). The fraction of sp³-hybridized carbons (Fsp3) is 0.333. The summed E-state index contributed by atoms with van der Waals surface area (Å²) in [5.41, 5.74) is 3.86. The van der Waals surface area contributed by atoms with Crippen molar-refractivity contribution in [3.05, 3.63) is 59.7 Å². The third-order valence-electron chi connectivity index (χ3n) is 4.75. The van der Waals surface area contributed by atoms with Crippen molar-refractivity contribution in [1.29, 1.82) is 0 Å². The maximum Gasteiger partial charge on any atom is 0.322 e. The Morgan fingerprint density at radius 2 is 1.62 bits per heavy atom. The molecule has 5 heteroatoms. The highest BCUT2D eigenvalue weighted by Crippen LogP contribution is 2.21. The molecule has 0 aliphatic carbocycles. The predicted molar refractivity (Wildman–Crippen MR) is 104 cm³/mol. The molecule has 1 atom stereocenters. The summed E-state index contributed by atoms with van der Waals surface area (Å²) in [7, 11) is 0. The lowest BCUT2D eigenvalue weighted by Crippen LogP contribution is -2.45. The van der Waals surface area contributed by atoms with E-state index >= 15 is 0 Å². The number of nitrogens with zero attached hydrogens (tertiary/aromatic N) is 1. The Morgan fingerprint density at radius 3 is 2.27 bits per heavy atom. The van der Waals surface area contributed by atoms with Crippen LogP contribution in [0.3, 0.4) is 0 Å². The van der Waals surface area contributed by atoms with Gasteiger partial charge in [-0.25, -0.2) is 4.79 Å². The number of likely N-dealkylation sites (tertiary alicyclic amines) is 1. The zero-order chi connectivity index (χ0) is 18.5. The second-order valence-corrected chi connectivity index (χ2v) is 6.69. The molecule has 0 aromatic heterocycles. The highest BCUT2D eigenvalue weighted by molar-refractivity contribution is 5.99. The lowest BCUT2D eigenvalue weighted by Gasteiger charge is -2.24. The van der Waals surface area contributed by atoms with Crippen molar-refractivity contribution in [2.75, 3.05) is 17.2 Å². The molecule has 0 saturated carbocycles. The van der Waals surface area contributed by atoms with E-state index in [2.05, 4.69) is 17.6 Å². The number of nitrogens with one attached hydrogen (secondary N) is 2. The molecule has 3 amide bonds. The molecule has 5 nitrogen and oxygen atoms in total. The minimum atomic E-state index is -0.439. The van der Waals surface area contributed by atoms with Gasteiger partial charge in [0.2, 0.25) is 5.91 Å². The van der Waals surface area contributed by atoms with Crippen LogP contribution < -0.4 is 10.6 Å². The van der Waals surface area contributed by atoms with Gasteiger partial charge < -0.3 is 15.5 Å². The SMILES string of the molecule is CCc1ccc(NC(=O)[C@@H]2CCCN2C(=O)Nc2ccc(C)cc2)cc1. The van der Waals surface area contributed by atoms with E-state index in [1.54, 1.807) is 4.90 Å². The number of carbonyl (C=O) groups excluding carboxylic acids is 2. The first-order valence-electron chi connectivity index (χ1n) is 9.11. The van der Waals surface area contributed by atoms with Crippen LogP contribution in [0.1, 0.15) is 30.9 Å². The molecular weight excluding hydrogens is 326 g/mol. The van der Waals surface area contributed by atoms with Gasteiger partial charge in [-0.1, -0.05) is 36.8 Å². The molecule has 1 aliphatic heterocycles. The van der Waals surface area contributed by atoms with Crippen molar-refractivity contribution in [3.63, 3.8) is 0 Å². The van der Waals surface area contributed by atoms with Gasteiger partial charge in [-0.15, -0.1) is 0 Å². The number of aryl methyl sites for hydroxylation is 2. The summed E-state index contributed by atoms with van der Waals surface area (Å²) in [5.74, 6) is -0.134. The monoisotopic (exact) mass is 351 g/mol. The number of urea groups is 1. The Morgan fingerprint density at radius 1 is 1.00 bits per heavy atom. The van der Waals surface area contributed by atoms with Crippen molar-refractivity contribution in [3.8, 4) is 0 Å². The Labute approximate surface area is 154 Å². The number of rotatable bonds is 4. The van der Waals surface area contributed by atoms with E-state index < -0.39 is 6.04 Å². The summed E-state index contributed by atoms with van der Waals surface area (Å²) < 4.78 is 0. The number of carbonyl (C=O) groups is 2. The maximum absolute atomic E-state index is 12.6. The minimum Gasteiger partial charge on any atom is -0.324 e. The molecule has 2 N–H and O–H groups in total. The van der Waals surface area contributed by atoms with Crippen molar-refractivity contribution in [2.45, 2.75) is 39.2 Å². The largest absolute Gasteiger partial charge is 0.324 e. The van der Waals surface area contributed by atoms with E-state index in [0.29, 0.717) is 13.0 Å². The van der Waals surface area contributed by atoms with Gasteiger partial charge >= 0.3 is 6.03 Å². The average Bonchev–Trinajstić information content (AvgIpc) is 3.14. The van der Waals surface area contributed by atoms with Crippen LogP contribution in [0.4, 0.5) is 16.2 Å². The first kappa shape index (κ1) is 18.0. The van der Waals surface area contributed by atoms with Crippen LogP contribution in [-0.2, 0) is 11.2 Å². The van der Waals surface area contributed by atoms with Gasteiger partial charge in [-0.3, -0.25) is 4.79 Å². The van der Waals surface area contributed by atoms with E-state index in [4.69, 9.17) is 0 Å². The summed E-state index contributed by atoms with van der Waals surface area (Å²) in [6, 6.07) is 14.8. The number of hydrogen-bond donors (Lipinski definition) is 2. The van der Waals surface area contributed by atoms with Crippen LogP contribution in [0.5, 0.6) is 0 Å². The normalized spacial score (nSPS) is 16.4. The third kappa shape index (κ3) is 4.23. The van der Waals surface area contributed by atoms with Gasteiger partial charge in [0.15, 0.2) is 0 Å². The van der Waals surface area contributed by atoms with Crippen LogP contribution in [0.2, 0.25) is 0 Å². The van der Waals surface area contributed by atoms with Crippen LogP contribution in [-0.4, -0.2) is 29.4 Å². The topological polar surface area (TPSA) is 61.4 Å². The molecule has 1 heterocycles. The van der Waals surface area contributed by atoms with Crippen molar-refractivity contribution >= 4 is 23.3 Å². The molecule has 136 valence electrons. The number of anilines is 2. The van der Waals surface area contributed by atoms with Crippen LogP contribution in [0, 0.1) is 6.92 Å². The Balaban J connectivity index is 1.63. The van der Waals surface area contributed by atoms with Gasteiger partial charge in [0, 0.05) is 17.9 Å². The zero-order valence-corrected chi connectivity index (χ0v) is 15.3. The lowest BCUT2D eigenvalue weighted by molar-refractivity contribution is -0.119. The number of benzene rings is 2. The second-order valence-electron chi connectivity index (χ2n) is 6.69. The first-order chi connectivity index (χ1) is 12.6. The lowest BCUT2D eigenvalue weighted by atomic mass is 10.1. The summed E-state index contributed by atoms with van der Waals surface area (Å²) in [6.07, 6.45) is 2.47. The van der Waals surface area contributed by atoms with Gasteiger partial charge in [0.25, 0.3) is 0 Å². The van der Waals surface area contributed by atoms with E-state index in [1.807, 2.05) is 55.5 Å². The third-order valence-corrected chi connectivity index (χ3v) is 4.75. The zero-order valence-electron chi connectivity index (χ0n) is 15.3. The molecule has 0 bridgehead atoms. The molecule has 2 aromatic carbocycles. The Bertz CT molecular complexity index is 769. The predicted octanol–water partition coefficient (Wildman–Crippen LogP) is 4.19. The van der Waals surface area contributed by atoms with Gasteiger partial charge in [0.05, 0.1) is 0 Å². The number of hydrogen-bond acceptors (Lipinski definition) is 2. The summed E-state index contributed by atoms with van der Waals surface area (Å²) in [6.45, 7) is 4.68. The highest BCUT2D eigenvalue weighted by Gasteiger charge is 2.34. The minimum absolute atomic E-state index is 0.134. The molecular formula is C21H25N3O2. The van der Waals surface area contributed by atoms with Gasteiger partial charge in [-0.2, -0.15) is 0 Å². The van der Waals surface area contributed by atoms with E-state index in [1.165, 1.54) is 5.56 Å². The Kier molecular flexibility index (Phi) is 5.56. The standard InChI is InChI=1S/C21H25N3O2/c1-3-16-8-12-17(13-9-16)22-20(25)19-5-4-14-24(19)21(26)23-18-10-6-15(2)7-11-18/h6-13,19H,3-5,14H2,1-2H3,(H,22,25)(H,23,26)/t19-/m0/s1. The summed E-state index contributed by atoms with van der Waals surface area (Å²) in [5, 5.41) is 5.81. The molecule has 0 unspecified atom stereocenters. The Hall–Kier alpha value is -2.82. The van der Waals surface area contributed by atoms with Gasteiger partial charge in [0.1, 0.15) is 6.04 Å². The van der Waals surface area contributed by atoms with Crippen LogP contribution in [0.25, 0.3) is 0 Å². The molecule has 2 aromatic rings. The van der Waals surface area contributed by atoms with E-state index in [-0.39, 0.29) is 11.9 Å². The van der Waals surface area contributed by atoms with Crippen molar-refractivity contribution < 1.29 is 9.59 Å². The van der Waals surface area contributed by atoms with Crippen LogP contribution >= 0.6 is 0 Å². The first-order valence-corrected chi connectivity index (χ1v) is 9.11. The fourth-order valence-electron chi connectivity index (χ4n) is 3.16. The second kappa shape index (κ2) is 8.04. The number of amides is 3. The molecule has 1 saturated heterocycles. The van der Waals surface area contributed by atoms with E-state index in [0.717, 1.165) is 29.8 Å². The van der Waals surface area contributed by atoms with Crippen LogP contribution in [0.15, 0.2) is 48.5 Å². The quantitative estimate of drug-likeness (QED) is 0.867. The summed E-state index contributed by atoms with van der Waals surface area (Å²) >= 11 is 0. The van der Waals surface area contributed by atoms with Crippen molar-refractivity contribution in [1.82, 2.24) is 4.90 Å².